The van der Waals surface area contributed by atoms with Crippen molar-refractivity contribution in [3.05, 3.63) is 48.0 Å². The van der Waals surface area contributed by atoms with E-state index in [0.29, 0.717) is 31.6 Å². The number of carbonyl (C=O) groups is 1. The number of benzene rings is 1. The molecule has 0 unspecified atom stereocenters. The van der Waals surface area contributed by atoms with Crippen LogP contribution in [0.1, 0.15) is 18.5 Å². The number of nitrogens with zero attached hydrogens (tertiary/aromatic N) is 3. The van der Waals surface area contributed by atoms with E-state index in [-0.39, 0.29) is 24.2 Å². The fraction of sp³-hybridized carbons (Fsp3) is 0.375. The van der Waals surface area contributed by atoms with Crippen LogP contribution in [0.3, 0.4) is 0 Å². The average molecular weight is 303 g/mol. The van der Waals surface area contributed by atoms with E-state index in [1.807, 2.05) is 0 Å². The lowest BCUT2D eigenvalue weighted by Crippen LogP contribution is -2.40. The Balaban J connectivity index is 1.64. The Labute approximate surface area is 128 Å². The van der Waals surface area contributed by atoms with E-state index in [1.54, 1.807) is 34.0 Å². The zero-order chi connectivity index (χ0) is 15.5. The quantitative estimate of drug-likeness (QED) is 0.935. The van der Waals surface area contributed by atoms with Crippen LogP contribution < -0.4 is 0 Å². The van der Waals surface area contributed by atoms with Crippen molar-refractivity contribution in [1.82, 2.24) is 14.7 Å². The van der Waals surface area contributed by atoms with Crippen LogP contribution in [0.4, 0.5) is 4.39 Å². The van der Waals surface area contributed by atoms with Gasteiger partial charge in [0.15, 0.2) is 0 Å². The highest BCUT2D eigenvalue weighted by atomic mass is 19.1. The third-order valence-corrected chi connectivity index (χ3v) is 3.89. The Morgan fingerprint density at radius 2 is 1.91 bits per heavy atom. The Morgan fingerprint density at radius 1 is 1.23 bits per heavy atom. The number of carbonyl (C=O) groups excluding carboxylic acids is 1. The first-order valence-corrected chi connectivity index (χ1v) is 7.38. The van der Waals surface area contributed by atoms with Gasteiger partial charge in [-0.25, -0.2) is 9.07 Å². The second kappa shape index (κ2) is 6.27. The first kappa shape index (κ1) is 14.7. The largest absolute Gasteiger partial charge is 0.393 e. The maximum absolute atomic E-state index is 12.9. The minimum atomic E-state index is -0.293. The van der Waals surface area contributed by atoms with Gasteiger partial charge < -0.3 is 10.0 Å². The van der Waals surface area contributed by atoms with Crippen molar-refractivity contribution in [3.63, 3.8) is 0 Å². The van der Waals surface area contributed by atoms with E-state index >= 15 is 0 Å². The van der Waals surface area contributed by atoms with Gasteiger partial charge in [-0.3, -0.25) is 4.79 Å². The molecule has 22 heavy (non-hydrogen) atoms. The average Bonchev–Trinajstić information content (AvgIpc) is 2.97. The molecule has 1 aromatic carbocycles. The van der Waals surface area contributed by atoms with Gasteiger partial charge in [0.1, 0.15) is 5.82 Å². The molecule has 1 amide bonds. The van der Waals surface area contributed by atoms with Gasteiger partial charge in [0.25, 0.3) is 0 Å². The van der Waals surface area contributed by atoms with Crippen molar-refractivity contribution in [2.75, 3.05) is 13.1 Å². The molecule has 0 spiro atoms. The van der Waals surface area contributed by atoms with Gasteiger partial charge in [-0.2, -0.15) is 5.10 Å². The van der Waals surface area contributed by atoms with E-state index in [1.165, 1.54) is 12.1 Å². The molecule has 1 fully saturated rings. The van der Waals surface area contributed by atoms with Crippen molar-refractivity contribution in [2.45, 2.75) is 25.4 Å². The highest BCUT2D eigenvalue weighted by Gasteiger charge is 2.21. The summed E-state index contributed by atoms with van der Waals surface area (Å²) in [4.78, 5) is 14.0. The number of amides is 1. The molecule has 0 atom stereocenters. The highest BCUT2D eigenvalue weighted by Crippen LogP contribution is 2.13. The van der Waals surface area contributed by atoms with Crippen LogP contribution in [-0.2, 0) is 11.2 Å². The first-order valence-electron chi connectivity index (χ1n) is 7.38. The number of aromatic nitrogens is 2. The van der Waals surface area contributed by atoms with Gasteiger partial charge in [-0.1, -0.05) is 0 Å². The van der Waals surface area contributed by atoms with Gasteiger partial charge in [-0.15, -0.1) is 0 Å². The molecular weight excluding hydrogens is 285 g/mol. The molecular formula is C16H18FN3O2. The predicted molar refractivity (Wildman–Crippen MR) is 79.0 cm³/mol. The monoisotopic (exact) mass is 303 g/mol. The number of hydrogen-bond acceptors (Lipinski definition) is 3. The third-order valence-electron chi connectivity index (χ3n) is 3.89. The summed E-state index contributed by atoms with van der Waals surface area (Å²) in [5.74, 6) is -0.269. The molecule has 2 heterocycles. The van der Waals surface area contributed by atoms with E-state index in [2.05, 4.69) is 5.10 Å². The van der Waals surface area contributed by atoms with Crippen LogP contribution in [-0.4, -0.2) is 44.9 Å². The van der Waals surface area contributed by atoms with Gasteiger partial charge in [-0.05, 0) is 43.2 Å². The molecule has 2 aromatic rings. The molecule has 0 aliphatic carbocycles. The lowest BCUT2D eigenvalue weighted by molar-refractivity contribution is -0.132. The van der Waals surface area contributed by atoms with Gasteiger partial charge in [0.05, 0.1) is 23.9 Å². The molecule has 6 heteroatoms. The molecule has 116 valence electrons. The van der Waals surface area contributed by atoms with Crippen molar-refractivity contribution in [1.29, 1.82) is 0 Å². The van der Waals surface area contributed by atoms with Crippen LogP contribution in [0.25, 0.3) is 5.69 Å². The third kappa shape index (κ3) is 3.33. The van der Waals surface area contributed by atoms with E-state index in [0.717, 1.165) is 5.69 Å². The lowest BCUT2D eigenvalue weighted by atomic mass is 10.1. The van der Waals surface area contributed by atoms with Crippen LogP contribution in [0.15, 0.2) is 36.5 Å². The standard InChI is InChI=1S/C16H18FN3O2/c17-12-1-3-14(4-2-12)20-10-5-13(18-20)11-16(22)19-8-6-15(21)7-9-19/h1-5,10,15,21H,6-9,11H2. The molecule has 0 saturated carbocycles. The summed E-state index contributed by atoms with van der Waals surface area (Å²) in [6.07, 6.45) is 2.98. The van der Waals surface area contributed by atoms with Gasteiger partial charge in [0, 0.05) is 19.3 Å². The summed E-state index contributed by atoms with van der Waals surface area (Å²) in [7, 11) is 0. The van der Waals surface area contributed by atoms with E-state index in [4.69, 9.17) is 0 Å². The second-order valence-corrected chi connectivity index (χ2v) is 5.52. The summed E-state index contributed by atoms with van der Waals surface area (Å²) in [5, 5.41) is 13.8. The van der Waals surface area contributed by atoms with Crippen molar-refractivity contribution < 1.29 is 14.3 Å². The minimum absolute atomic E-state index is 0.0243. The number of aliphatic hydroxyl groups is 1. The number of aliphatic hydroxyl groups excluding tert-OH is 1. The molecule has 1 aliphatic rings. The molecule has 1 saturated heterocycles. The van der Waals surface area contributed by atoms with Crippen molar-refractivity contribution in [2.24, 2.45) is 0 Å². The number of halogens is 1. The number of hydrogen-bond donors (Lipinski definition) is 1. The van der Waals surface area contributed by atoms with Crippen LogP contribution >= 0.6 is 0 Å². The molecule has 5 nitrogen and oxygen atoms in total. The lowest BCUT2D eigenvalue weighted by Gasteiger charge is -2.29. The molecule has 3 rings (SSSR count). The topological polar surface area (TPSA) is 58.4 Å². The SMILES string of the molecule is O=C(Cc1ccn(-c2ccc(F)cc2)n1)N1CCC(O)CC1. The zero-order valence-corrected chi connectivity index (χ0v) is 12.2. The molecule has 0 bridgehead atoms. The number of rotatable bonds is 3. The summed E-state index contributed by atoms with van der Waals surface area (Å²) in [6.45, 7) is 1.19. The second-order valence-electron chi connectivity index (χ2n) is 5.52. The molecule has 0 radical (unpaired) electrons. The maximum atomic E-state index is 12.9. The van der Waals surface area contributed by atoms with Crippen LogP contribution in [0.5, 0.6) is 0 Å². The zero-order valence-electron chi connectivity index (χ0n) is 12.2. The van der Waals surface area contributed by atoms with E-state index in [9.17, 15) is 14.3 Å². The molecule has 1 N–H and O–H groups in total. The minimum Gasteiger partial charge on any atom is -0.393 e. The summed E-state index contributed by atoms with van der Waals surface area (Å²) < 4.78 is 14.5. The Bertz CT molecular complexity index is 646. The fourth-order valence-corrected chi connectivity index (χ4v) is 2.58. The Kier molecular flexibility index (Phi) is 4.20. The van der Waals surface area contributed by atoms with Gasteiger partial charge in [0.2, 0.25) is 5.91 Å². The van der Waals surface area contributed by atoms with Crippen LogP contribution in [0.2, 0.25) is 0 Å². The summed E-state index contributed by atoms with van der Waals surface area (Å²) in [5.41, 5.74) is 1.43. The van der Waals surface area contributed by atoms with E-state index < -0.39 is 0 Å². The van der Waals surface area contributed by atoms with Crippen molar-refractivity contribution >= 4 is 5.91 Å². The highest BCUT2D eigenvalue weighted by molar-refractivity contribution is 5.78. The maximum Gasteiger partial charge on any atom is 0.228 e. The predicted octanol–water partition coefficient (Wildman–Crippen LogP) is 1.54. The molecule has 1 aromatic heterocycles. The van der Waals surface area contributed by atoms with Crippen molar-refractivity contribution in [3.8, 4) is 5.69 Å². The van der Waals surface area contributed by atoms with Crippen LogP contribution in [0, 0.1) is 5.82 Å². The smallest absolute Gasteiger partial charge is 0.228 e. The fourth-order valence-electron chi connectivity index (χ4n) is 2.58. The Hall–Kier alpha value is -2.21. The summed E-state index contributed by atoms with van der Waals surface area (Å²) >= 11 is 0. The normalized spacial score (nSPS) is 16.0. The van der Waals surface area contributed by atoms with Gasteiger partial charge >= 0.3 is 0 Å². The number of piperidine rings is 1. The Morgan fingerprint density at radius 3 is 2.59 bits per heavy atom. The number of likely N-dealkylation sites (tertiary alicyclic amines) is 1. The molecule has 1 aliphatic heterocycles. The summed E-state index contributed by atoms with van der Waals surface area (Å²) in [6, 6.07) is 7.82. The first-order chi connectivity index (χ1) is 10.6.